The van der Waals surface area contributed by atoms with Gasteiger partial charge < -0.3 is 5.73 Å². The van der Waals surface area contributed by atoms with Crippen molar-refractivity contribution in [2.45, 2.75) is 13.5 Å². The molecule has 0 unspecified atom stereocenters. The first-order chi connectivity index (χ1) is 13.5. The van der Waals surface area contributed by atoms with Gasteiger partial charge in [0, 0.05) is 18.6 Å². The number of amides is 2. The van der Waals surface area contributed by atoms with E-state index in [0.29, 0.717) is 29.2 Å². The molecule has 4 rings (SSSR count). The highest BCUT2D eigenvalue weighted by Gasteiger charge is 2.12. The molecule has 10 heteroatoms. The summed E-state index contributed by atoms with van der Waals surface area (Å²) >= 11 is 0. The van der Waals surface area contributed by atoms with Crippen molar-refractivity contribution in [1.82, 2.24) is 35.0 Å². The zero-order valence-electron chi connectivity index (χ0n) is 15.3. The fourth-order valence-corrected chi connectivity index (χ4v) is 2.76. The second-order valence-corrected chi connectivity index (χ2v) is 6.23. The Bertz CT molecular complexity index is 1210. The summed E-state index contributed by atoms with van der Waals surface area (Å²) in [6.45, 7) is 2.20. The molecule has 10 nitrogen and oxygen atoms in total. The monoisotopic (exact) mass is 375 g/mol. The minimum absolute atomic E-state index is 0.433. The van der Waals surface area contributed by atoms with E-state index < -0.39 is 6.03 Å². The van der Waals surface area contributed by atoms with E-state index in [4.69, 9.17) is 5.73 Å². The number of fused-ring (bicyclic) bond motifs is 2. The summed E-state index contributed by atoms with van der Waals surface area (Å²) in [5.41, 5.74) is 9.14. The molecular weight excluding hydrogens is 358 g/mol. The molecule has 0 aliphatic heterocycles. The van der Waals surface area contributed by atoms with Gasteiger partial charge in [0.25, 0.3) is 0 Å². The van der Waals surface area contributed by atoms with Crippen LogP contribution in [0.5, 0.6) is 0 Å². The standard InChI is InChI=1S/C18H17N9O/c1-11(24-26(2)18(19)28)15-9-21-16-17(22-15)27(25-23-16)10-12-5-6-14-13(8-12)4-3-7-20-14/h3-9H,10H2,1-2H3,(H2,19,28)/b24-11-. The quantitative estimate of drug-likeness (QED) is 0.426. The number of primary amides is 1. The minimum Gasteiger partial charge on any atom is -0.350 e. The number of hydrogen-bond donors (Lipinski definition) is 1. The number of rotatable bonds is 4. The van der Waals surface area contributed by atoms with Crippen LogP contribution in [0.25, 0.3) is 22.2 Å². The first-order valence-electron chi connectivity index (χ1n) is 8.50. The number of carbonyl (C=O) groups excluding carboxylic acids is 1. The van der Waals surface area contributed by atoms with Crippen LogP contribution < -0.4 is 5.73 Å². The maximum Gasteiger partial charge on any atom is 0.334 e. The summed E-state index contributed by atoms with van der Waals surface area (Å²) in [5.74, 6) is 0. The number of carbonyl (C=O) groups is 1. The van der Waals surface area contributed by atoms with E-state index in [9.17, 15) is 4.79 Å². The number of hydrazone groups is 1. The molecule has 2 amide bonds. The lowest BCUT2D eigenvalue weighted by molar-refractivity contribution is 0.220. The third-order valence-electron chi connectivity index (χ3n) is 4.22. The van der Waals surface area contributed by atoms with E-state index in [-0.39, 0.29) is 0 Å². The smallest absolute Gasteiger partial charge is 0.334 e. The molecule has 2 N–H and O–H groups in total. The third kappa shape index (κ3) is 3.34. The zero-order valence-corrected chi connectivity index (χ0v) is 15.3. The fraction of sp³-hybridized carbons (Fsp3) is 0.167. The lowest BCUT2D eigenvalue weighted by Gasteiger charge is -2.09. The van der Waals surface area contributed by atoms with Gasteiger partial charge in [-0.2, -0.15) is 5.10 Å². The van der Waals surface area contributed by atoms with Gasteiger partial charge in [-0.25, -0.2) is 24.5 Å². The Labute approximate surface area is 159 Å². The van der Waals surface area contributed by atoms with Gasteiger partial charge in [-0.05, 0) is 30.7 Å². The molecule has 1 aromatic carbocycles. The van der Waals surface area contributed by atoms with Crippen LogP contribution in [-0.4, -0.2) is 53.7 Å². The first kappa shape index (κ1) is 17.5. The van der Waals surface area contributed by atoms with E-state index in [1.54, 1.807) is 17.8 Å². The van der Waals surface area contributed by atoms with Crippen molar-refractivity contribution in [3.63, 3.8) is 0 Å². The molecular formula is C18H17N9O. The van der Waals surface area contributed by atoms with Gasteiger partial charge in [0.15, 0.2) is 5.65 Å². The predicted octanol–water partition coefficient (Wildman–Crippen LogP) is 1.55. The highest BCUT2D eigenvalue weighted by Crippen LogP contribution is 2.15. The van der Waals surface area contributed by atoms with Crippen LogP contribution in [0.3, 0.4) is 0 Å². The molecule has 0 fully saturated rings. The Morgan fingerprint density at radius 1 is 1.29 bits per heavy atom. The first-order valence-corrected chi connectivity index (χ1v) is 8.50. The van der Waals surface area contributed by atoms with Gasteiger partial charge in [0.05, 0.1) is 24.0 Å². The van der Waals surface area contributed by atoms with Crippen LogP contribution in [0.4, 0.5) is 4.79 Å². The number of nitrogens with zero attached hydrogens (tertiary/aromatic N) is 8. The number of urea groups is 1. The van der Waals surface area contributed by atoms with Crippen molar-refractivity contribution < 1.29 is 4.79 Å². The SMILES string of the molecule is C/C(=N/N(C)C(N)=O)c1cnc2nnn(Cc3ccc4ncccc4c3)c2n1. The maximum absolute atomic E-state index is 11.2. The van der Waals surface area contributed by atoms with Gasteiger partial charge in [-0.3, -0.25) is 4.98 Å². The molecule has 0 atom stereocenters. The zero-order chi connectivity index (χ0) is 19.7. The molecule has 0 saturated carbocycles. The molecule has 3 heterocycles. The minimum atomic E-state index is -0.661. The number of pyridine rings is 1. The number of aromatic nitrogens is 6. The summed E-state index contributed by atoms with van der Waals surface area (Å²) in [5, 5.41) is 14.4. The average Bonchev–Trinajstić information content (AvgIpc) is 3.09. The number of benzene rings is 1. The summed E-state index contributed by atoms with van der Waals surface area (Å²) in [4.78, 5) is 24.3. The summed E-state index contributed by atoms with van der Waals surface area (Å²) in [7, 11) is 1.47. The lowest BCUT2D eigenvalue weighted by atomic mass is 10.1. The summed E-state index contributed by atoms with van der Waals surface area (Å²) < 4.78 is 1.68. The van der Waals surface area contributed by atoms with E-state index in [0.717, 1.165) is 21.5 Å². The van der Waals surface area contributed by atoms with E-state index in [1.165, 1.54) is 13.2 Å². The van der Waals surface area contributed by atoms with Crippen LogP contribution >= 0.6 is 0 Å². The third-order valence-corrected chi connectivity index (χ3v) is 4.22. The van der Waals surface area contributed by atoms with Gasteiger partial charge in [0.2, 0.25) is 5.65 Å². The maximum atomic E-state index is 11.2. The Morgan fingerprint density at radius 2 is 2.14 bits per heavy atom. The average molecular weight is 375 g/mol. The molecule has 0 radical (unpaired) electrons. The molecule has 0 bridgehead atoms. The van der Waals surface area contributed by atoms with Gasteiger partial charge in [-0.1, -0.05) is 17.3 Å². The van der Waals surface area contributed by atoms with Crippen molar-refractivity contribution in [2.24, 2.45) is 10.8 Å². The second kappa shape index (κ2) is 6.99. The normalized spacial score (nSPS) is 11.9. The van der Waals surface area contributed by atoms with Crippen molar-refractivity contribution >= 4 is 33.9 Å². The largest absolute Gasteiger partial charge is 0.350 e. The fourth-order valence-electron chi connectivity index (χ4n) is 2.76. The Morgan fingerprint density at radius 3 is 2.96 bits per heavy atom. The highest BCUT2D eigenvalue weighted by atomic mass is 16.2. The lowest BCUT2D eigenvalue weighted by Crippen LogP contribution is -2.28. The van der Waals surface area contributed by atoms with Crippen molar-refractivity contribution in [3.05, 3.63) is 54.0 Å². The molecule has 4 aromatic rings. The highest BCUT2D eigenvalue weighted by molar-refractivity contribution is 5.98. The van der Waals surface area contributed by atoms with Crippen LogP contribution in [0, 0.1) is 0 Å². The molecule has 0 aliphatic rings. The molecule has 0 aliphatic carbocycles. The topological polar surface area (TPSA) is 128 Å². The molecule has 140 valence electrons. The van der Waals surface area contributed by atoms with E-state index in [2.05, 4.69) is 36.4 Å². The van der Waals surface area contributed by atoms with Crippen LogP contribution in [0.15, 0.2) is 47.8 Å². The van der Waals surface area contributed by atoms with Gasteiger partial charge in [0.1, 0.15) is 5.69 Å². The summed E-state index contributed by atoms with van der Waals surface area (Å²) in [6, 6.07) is 9.28. The predicted molar refractivity (Wildman–Crippen MR) is 104 cm³/mol. The molecule has 0 spiro atoms. The van der Waals surface area contributed by atoms with Crippen LogP contribution in [-0.2, 0) is 6.54 Å². The van der Waals surface area contributed by atoms with Crippen molar-refractivity contribution in [3.8, 4) is 0 Å². The van der Waals surface area contributed by atoms with E-state index in [1.807, 2.05) is 24.3 Å². The van der Waals surface area contributed by atoms with Gasteiger partial charge >= 0.3 is 6.03 Å². The van der Waals surface area contributed by atoms with Crippen LogP contribution in [0.1, 0.15) is 18.2 Å². The Balaban J connectivity index is 1.68. The van der Waals surface area contributed by atoms with E-state index >= 15 is 0 Å². The summed E-state index contributed by atoms with van der Waals surface area (Å²) in [6.07, 6.45) is 3.31. The number of hydrogen-bond acceptors (Lipinski definition) is 7. The molecule has 28 heavy (non-hydrogen) atoms. The second-order valence-electron chi connectivity index (χ2n) is 6.23. The number of nitrogens with two attached hydrogens (primary N) is 1. The van der Waals surface area contributed by atoms with Crippen molar-refractivity contribution in [1.29, 1.82) is 0 Å². The van der Waals surface area contributed by atoms with Crippen molar-refractivity contribution in [2.75, 3.05) is 7.05 Å². The Hall–Kier alpha value is -3.95. The van der Waals surface area contributed by atoms with Gasteiger partial charge in [-0.15, -0.1) is 5.10 Å². The van der Waals surface area contributed by atoms with Crippen LogP contribution in [0.2, 0.25) is 0 Å². The molecule has 3 aromatic heterocycles. The molecule has 0 saturated heterocycles. The Kier molecular flexibility index (Phi) is 4.36.